The van der Waals surface area contributed by atoms with Gasteiger partial charge in [0.2, 0.25) is 0 Å². The quantitative estimate of drug-likeness (QED) is 0.247. The second kappa shape index (κ2) is 16.5. The Morgan fingerprint density at radius 3 is 1.96 bits per heavy atom. The molecule has 0 bridgehead atoms. The number of hydrogen-bond donors (Lipinski definition) is 3. The lowest BCUT2D eigenvalue weighted by Gasteiger charge is -2.20. The van der Waals surface area contributed by atoms with Crippen molar-refractivity contribution in [3.8, 4) is 0 Å². The lowest BCUT2D eigenvalue weighted by atomic mass is 10.0. The second-order valence-corrected chi connectivity index (χ2v) is 7.77. The summed E-state index contributed by atoms with van der Waals surface area (Å²) in [4.78, 5) is 0. The van der Waals surface area contributed by atoms with Gasteiger partial charge in [0.05, 0.1) is 13.2 Å². The maximum Gasteiger partial charge on any atom is 0.114 e. The van der Waals surface area contributed by atoms with Gasteiger partial charge in [-0.25, -0.2) is 0 Å². The minimum Gasteiger partial charge on any atom is -0.394 e. The van der Waals surface area contributed by atoms with Gasteiger partial charge in [-0.15, -0.1) is 6.58 Å². The Morgan fingerprint density at radius 2 is 1.44 bits per heavy atom. The third-order valence-corrected chi connectivity index (χ3v) is 5.37. The third kappa shape index (κ3) is 11.2. The normalized spacial score (nSPS) is 23.6. The Labute approximate surface area is 165 Å². The average Bonchev–Trinajstić information content (AvgIpc) is 3.04. The van der Waals surface area contributed by atoms with Gasteiger partial charge < -0.3 is 24.8 Å². The molecule has 27 heavy (non-hydrogen) atoms. The van der Waals surface area contributed by atoms with Crippen LogP contribution in [0.2, 0.25) is 0 Å². The number of aliphatic hydroxyl groups is 3. The highest BCUT2D eigenvalue weighted by Gasteiger charge is 2.40. The molecule has 1 heterocycles. The number of rotatable bonds is 18. The van der Waals surface area contributed by atoms with Gasteiger partial charge >= 0.3 is 0 Å². The second-order valence-electron chi connectivity index (χ2n) is 7.77. The molecular weight excluding hydrogens is 344 g/mol. The van der Waals surface area contributed by atoms with Crippen LogP contribution in [0.15, 0.2) is 12.7 Å². The predicted octanol–water partition coefficient (Wildman–Crippen LogP) is 3.74. The minimum atomic E-state index is -1.05. The van der Waals surface area contributed by atoms with E-state index in [1.807, 2.05) is 6.08 Å². The Hall–Kier alpha value is -0.460. The van der Waals surface area contributed by atoms with Gasteiger partial charge in [0, 0.05) is 6.61 Å². The molecule has 0 saturated carbocycles. The zero-order valence-electron chi connectivity index (χ0n) is 17.1. The highest BCUT2D eigenvalue weighted by atomic mass is 16.6. The van der Waals surface area contributed by atoms with Gasteiger partial charge in [0.1, 0.15) is 24.4 Å². The van der Waals surface area contributed by atoms with E-state index in [2.05, 4.69) is 6.58 Å². The first-order chi connectivity index (χ1) is 13.2. The van der Waals surface area contributed by atoms with E-state index in [-0.39, 0.29) is 6.61 Å². The summed E-state index contributed by atoms with van der Waals surface area (Å²) in [6, 6.07) is 0. The Kier molecular flexibility index (Phi) is 15.0. The summed E-state index contributed by atoms with van der Waals surface area (Å²) < 4.78 is 11.0. The predicted molar refractivity (Wildman–Crippen MR) is 109 cm³/mol. The monoisotopic (exact) mass is 386 g/mol. The van der Waals surface area contributed by atoms with Crippen LogP contribution in [0.3, 0.4) is 0 Å². The van der Waals surface area contributed by atoms with Crippen molar-refractivity contribution in [3.05, 3.63) is 12.7 Å². The minimum absolute atomic E-state index is 0.275. The zero-order valence-corrected chi connectivity index (χ0v) is 17.1. The van der Waals surface area contributed by atoms with E-state index in [4.69, 9.17) is 14.6 Å². The largest absolute Gasteiger partial charge is 0.394 e. The van der Waals surface area contributed by atoms with E-state index < -0.39 is 31.0 Å². The van der Waals surface area contributed by atoms with Crippen LogP contribution in [0, 0.1) is 0 Å². The zero-order chi connectivity index (χ0) is 19.7. The van der Waals surface area contributed by atoms with Crippen molar-refractivity contribution in [1.82, 2.24) is 0 Å². The van der Waals surface area contributed by atoms with Crippen LogP contribution in [0.4, 0.5) is 0 Å². The first-order valence-electron chi connectivity index (χ1n) is 11.0. The summed E-state index contributed by atoms with van der Waals surface area (Å²) in [7, 11) is 0. The highest BCUT2D eigenvalue weighted by Crippen LogP contribution is 2.20. The fourth-order valence-electron chi connectivity index (χ4n) is 3.60. The highest BCUT2D eigenvalue weighted by molar-refractivity contribution is 4.88. The molecule has 0 spiro atoms. The van der Waals surface area contributed by atoms with Crippen LogP contribution in [0.5, 0.6) is 0 Å². The SMILES string of the molecule is C=CCCCCCCCCCCCCCCO[C@@H]1CO[C@H]([C@@H](O)CO)[C@@H]1O. The molecular formula is C22H42O5. The summed E-state index contributed by atoms with van der Waals surface area (Å²) in [5, 5.41) is 28.5. The molecule has 3 N–H and O–H groups in total. The van der Waals surface area contributed by atoms with Crippen molar-refractivity contribution in [3.63, 3.8) is 0 Å². The van der Waals surface area contributed by atoms with E-state index in [1.165, 1.54) is 64.2 Å². The van der Waals surface area contributed by atoms with Gasteiger partial charge in [-0.2, -0.15) is 0 Å². The van der Waals surface area contributed by atoms with Crippen LogP contribution in [0.25, 0.3) is 0 Å². The van der Waals surface area contributed by atoms with E-state index in [9.17, 15) is 10.2 Å². The summed E-state index contributed by atoms with van der Waals surface area (Å²) in [5.41, 5.74) is 0. The molecule has 4 atom stereocenters. The van der Waals surface area contributed by atoms with Crippen molar-refractivity contribution in [2.75, 3.05) is 19.8 Å². The number of unbranched alkanes of at least 4 members (excludes halogenated alkanes) is 12. The molecule has 0 aromatic rings. The topological polar surface area (TPSA) is 79.2 Å². The van der Waals surface area contributed by atoms with E-state index in [0.29, 0.717) is 6.61 Å². The van der Waals surface area contributed by atoms with Crippen molar-refractivity contribution in [1.29, 1.82) is 0 Å². The van der Waals surface area contributed by atoms with Gasteiger partial charge in [-0.1, -0.05) is 70.3 Å². The first kappa shape index (κ1) is 24.6. The summed E-state index contributed by atoms with van der Waals surface area (Å²) >= 11 is 0. The molecule has 160 valence electrons. The van der Waals surface area contributed by atoms with Crippen molar-refractivity contribution in [2.45, 2.75) is 108 Å². The van der Waals surface area contributed by atoms with Crippen LogP contribution < -0.4 is 0 Å². The van der Waals surface area contributed by atoms with Crippen LogP contribution in [0.1, 0.15) is 83.5 Å². The molecule has 0 unspecified atom stereocenters. The van der Waals surface area contributed by atoms with Gasteiger partial charge in [0.25, 0.3) is 0 Å². The average molecular weight is 387 g/mol. The molecule has 0 aromatic carbocycles. The molecule has 1 aliphatic heterocycles. The Morgan fingerprint density at radius 1 is 0.926 bits per heavy atom. The smallest absolute Gasteiger partial charge is 0.114 e. The molecule has 1 fully saturated rings. The fourth-order valence-corrected chi connectivity index (χ4v) is 3.60. The summed E-state index contributed by atoms with van der Waals surface area (Å²) in [6.07, 6.45) is 15.6. The van der Waals surface area contributed by atoms with Crippen LogP contribution in [-0.2, 0) is 9.47 Å². The fraction of sp³-hybridized carbons (Fsp3) is 0.909. The molecule has 0 radical (unpaired) electrons. The first-order valence-corrected chi connectivity index (χ1v) is 11.0. The molecule has 0 amide bonds. The molecule has 1 saturated heterocycles. The number of aliphatic hydroxyl groups excluding tert-OH is 3. The van der Waals surface area contributed by atoms with Gasteiger partial charge in [0.15, 0.2) is 0 Å². The number of hydrogen-bond acceptors (Lipinski definition) is 5. The maximum absolute atomic E-state index is 10.0. The molecule has 0 aromatic heterocycles. The lowest BCUT2D eigenvalue weighted by molar-refractivity contribution is -0.0730. The molecule has 1 aliphatic rings. The van der Waals surface area contributed by atoms with E-state index in [0.717, 1.165) is 19.3 Å². The van der Waals surface area contributed by atoms with Crippen LogP contribution >= 0.6 is 0 Å². The van der Waals surface area contributed by atoms with Crippen molar-refractivity contribution in [2.24, 2.45) is 0 Å². The van der Waals surface area contributed by atoms with Gasteiger partial charge in [-0.05, 0) is 19.3 Å². The lowest BCUT2D eigenvalue weighted by Crippen LogP contribution is -2.41. The molecule has 1 rings (SSSR count). The summed E-state index contributed by atoms with van der Waals surface area (Å²) in [5.74, 6) is 0. The van der Waals surface area contributed by atoms with E-state index >= 15 is 0 Å². The summed E-state index contributed by atoms with van der Waals surface area (Å²) in [6.45, 7) is 4.23. The molecule has 5 nitrogen and oxygen atoms in total. The molecule has 0 aliphatic carbocycles. The maximum atomic E-state index is 10.0. The molecule has 5 heteroatoms. The Balaban J connectivity index is 1.82. The van der Waals surface area contributed by atoms with Crippen LogP contribution in [-0.4, -0.2) is 59.6 Å². The van der Waals surface area contributed by atoms with Crippen molar-refractivity contribution >= 4 is 0 Å². The van der Waals surface area contributed by atoms with Gasteiger partial charge in [-0.3, -0.25) is 0 Å². The van der Waals surface area contributed by atoms with Crippen molar-refractivity contribution < 1.29 is 24.8 Å². The standard InChI is InChI=1S/C22H42O5/c1-2-3-4-5-6-7-8-9-10-11-12-13-14-15-16-26-20-18-27-22(21(20)25)19(24)17-23/h2,19-25H,1,3-18H2/t19-,20+,21+,22+/m0/s1. The third-order valence-electron chi connectivity index (χ3n) is 5.37. The number of ether oxygens (including phenoxy) is 2. The van der Waals surface area contributed by atoms with E-state index in [1.54, 1.807) is 0 Å². The number of allylic oxidation sites excluding steroid dienone is 1. The Bertz CT molecular complexity index is 350.